The zero-order valence-corrected chi connectivity index (χ0v) is 13.5. The normalized spacial score (nSPS) is 12.0. The Balaban J connectivity index is 2.13. The van der Waals surface area contributed by atoms with E-state index in [1.807, 2.05) is 48.9 Å². The molecular formula is C17H21N3O3. The molecule has 1 aromatic carbocycles. The van der Waals surface area contributed by atoms with E-state index in [4.69, 9.17) is 5.11 Å². The zero-order valence-electron chi connectivity index (χ0n) is 13.5. The Bertz CT molecular complexity index is 707. The SMILES string of the molecule is Cc1nn(-c2ccccc2)c(C)c1CC(=O)NC(C)CC(=O)O. The third-order valence-corrected chi connectivity index (χ3v) is 3.67. The molecule has 1 atom stereocenters. The van der Waals surface area contributed by atoms with Gasteiger partial charge in [0.1, 0.15) is 0 Å². The van der Waals surface area contributed by atoms with Crippen LogP contribution in [0.5, 0.6) is 0 Å². The average Bonchev–Trinajstić information content (AvgIpc) is 2.75. The van der Waals surface area contributed by atoms with Gasteiger partial charge in [-0.05, 0) is 32.9 Å². The lowest BCUT2D eigenvalue weighted by Crippen LogP contribution is -2.35. The van der Waals surface area contributed by atoms with Crippen molar-refractivity contribution in [2.75, 3.05) is 0 Å². The Kier molecular flexibility index (Phi) is 5.16. The lowest BCUT2D eigenvalue weighted by atomic mass is 10.1. The maximum absolute atomic E-state index is 12.1. The summed E-state index contributed by atoms with van der Waals surface area (Å²) in [7, 11) is 0. The fraction of sp³-hybridized carbons (Fsp3) is 0.353. The van der Waals surface area contributed by atoms with Crippen molar-refractivity contribution in [3.8, 4) is 5.69 Å². The van der Waals surface area contributed by atoms with Gasteiger partial charge in [-0.25, -0.2) is 4.68 Å². The standard InChI is InChI=1S/C17H21N3O3/c1-11(9-17(22)23)18-16(21)10-15-12(2)19-20(13(15)3)14-7-5-4-6-8-14/h4-8,11H,9-10H2,1-3H3,(H,18,21)(H,22,23). The number of para-hydroxylation sites is 1. The summed E-state index contributed by atoms with van der Waals surface area (Å²) in [5.41, 5.74) is 3.52. The second kappa shape index (κ2) is 7.09. The number of carbonyl (C=O) groups excluding carboxylic acids is 1. The molecule has 1 aromatic heterocycles. The summed E-state index contributed by atoms with van der Waals surface area (Å²) < 4.78 is 1.82. The van der Waals surface area contributed by atoms with E-state index in [2.05, 4.69) is 10.4 Å². The summed E-state index contributed by atoms with van der Waals surface area (Å²) >= 11 is 0. The molecule has 0 aliphatic rings. The Hall–Kier alpha value is -2.63. The molecule has 2 rings (SSSR count). The van der Waals surface area contributed by atoms with Crippen LogP contribution in [0.1, 0.15) is 30.3 Å². The van der Waals surface area contributed by atoms with Gasteiger partial charge in [0, 0.05) is 17.3 Å². The number of amides is 1. The molecule has 0 radical (unpaired) electrons. The molecule has 2 N–H and O–H groups in total. The summed E-state index contributed by atoms with van der Waals surface area (Å²) in [6, 6.07) is 9.33. The van der Waals surface area contributed by atoms with Crippen molar-refractivity contribution >= 4 is 11.9 Å². The lowest BCUT2D eigenvalue weighted by molar-refractivity contribution is -0.137. The molecule has 0 saturated carbocycles. The highest BCUT2D eigenvalue weighted by Gasteiger charge is 2.17. The summed E-state index contributed by atoms with van der Waals surface area (Å²) in [5.74, 6) is -1.13. The Morgan fingerprint density at radius 2 is 1.91 bits per heavy atom. The number of carboxylic acid groups (broad SMARTS) is 1. The molecule has 1 heterocycles. The van der Waals surface area contributed by atoms with E-state index < -0.39 is 12.0 Å². The maximum Gasteiger partial charge on any atom is 0.305 e. The van der Waals surface area contributed by atoms with Crippen LogP contribution in [0.25, 0.3) is 5.69 Å². The predicted molar refractivity (Wildman–Crippen MR) is 86.6 cm³/mol. The van der Waals surface area contributed by atoms with Gasteiger partial charge in [0.25, 0.3) is 0 Å². The van der Waals surface area contributed by atoms with Crippen molar-refractivity contribution in [1.82, 2.24) is 15.1 Å². The molecule has 0 bridgehead atoms. The molecule has 1 amide bonds. The largest absolute Gasteiger partial charge is 0.481 e. The van der Waals surface area contributed by atoms with Crippen LogP contribution >= 0.6 is 0 Å². The van der Waals surface area contributed by atoms with E-state index in [9.17, 15) is 9.59 Å². The third-order valence-electron chi connectivity index (χ3n) is 3.67. The fourth-order valence-corrected chi connectivity index (χ4v) is 2.55. The van der Waals surface area contributed by atoms with E-state index in [1.165, 1.54) is 0 Å². The van der Waals surface area contributed by atoms with Gasteiger partial charge in [-0.3, -0.25) is 9.59 Å². The summed E-state index contributed by atoms with van der Waals surface area (Å²) in [4.78, 5) is 22.8. The molecule has 6 heteroatoms. The molecule has 0 fully saturated rings. The first-order valence-corrected chi connectivity index (χ1v) is 7.50. The molecule has 1 unspecified atom stereocenters. The van der Waals surface area contributed by atoms with Gasteiger partial charge in [0.2, 0.25) is 5.91 Å². The summed E-state index contributed by atoms with van der Waals surface area (Å²) in [5, 5.41) is 15.9. The highest BCUT2D eigenvalue weighted by molar-refractivity contribution is 5.80. The minimum atomic E-state index is -0.929. The van der Waals surface area contributed by atoms with Gasteiger partial charge in [0.05, 0.1) is 24.2 Å². The number of aryl methyl sites for hydroxylation is 1. The first kappa shape index (κ1) is 16.7. The summed E-state index contributed by atoms with van der Waals surface area (Å²) in [6.07, 6.45) is 0.0987. The molecule has 0 saturated heterocycles. The lowest BCUT2D eigenvalue weighted by Gasteiger charge is -2.11. The quantitative estimate of drug-likeness (QED) is 0.854. The number of nitrogens with one attached hydrogen (secondary N) is 1. The van der Waals surface area contributed by atoms with Crippen LogP contribution in [0.2, 0.25) is 0 Å². The number of aromatic nitrogens is 2. The highest BCUT2D eigenvalue weighted by Crippen LogP contribution is 2.18. The number of carboxylic acids is 1. The third kappa shape index (κ3) is 4.18. The smallest absolute Gasteiger partial charge is 0.305 e. The second-order valence-electron chi connectivity index (χ2n) is 5.64. The molecule has 0 aliphatic carbocycles. The Labute approximate surface area is 135 Å². The number of aliphatic carboxylic acids is 1. The molecule has 23 heavy (non-hydrogen) atoms. The van der Waals surface area contributed by atoms with Crippen LogP contribution in [0.3, 0.4) is 0 Å². The number of rotatable bonds is 6. The highest BCUT2D eigenvalue weighted by atomic mass is 16.4. The maximum atomic E-state index is 12.1. The molecule has 2 aromatic rings. The number of hydrogen-bond donors (Lipinski definition) is 2. The van der Waals surface area contributed by atoms with E-state index in [1.54, 1.807) is 6.92 Å². The molecule has 0 aliphatic heterocycles. The monoisotopic (exact) mass is 315 g/mol. The molecule has 6 nitrogen and oxygen atoms in total. The van der Waals surface area contributed by atoms with Crippen molar-refractivity contribution in [2.24, 2.45) is 0 Å². The van der Waals surface area contributed by atoms with Gasteiger partial charge in [0.15, 0.2) is 0 Å². The van der Waals surface area contributed by atoms with E-state index in [-0.39, 0.29) is 18.7 Å². The van der Waals surface area contributed by atoms with Crippen molar-refractivity contribution in [3.05, 3.63) is 47.3 Å². The summed E-state index contributed by atoms with van der Waals surface area (Å²) in [6.45, 7) is 5.48. The van der Waals surface area contributed by atoms with Crippen LogP contribution in [-0.2, 0) is 16.0 Å². The van der Waals surface area contributed by atoms with E-state index in [0.29, 0.717) is 0 Å². The van der Waals surface area contributed by atoms with Gasteiger partial charge in [-0.2, -0.15) is 5.10 Å². The molecular weight excluding hydrogens is 294 g/mol. The van der Waals surface area contributed by atoms with Crippen LogP contribution in [0.15, 0.2) is 30.3 Å². The van der Waals surface area contributed by atoms with E-state index in [0.717, 1.165) is 22.6 Å². The van der Waals surface area contributed by atoms with Crippen LogP contribution in [0.4, 0.5) is 0 Å². The van der Waals surface area contributed by atoms with Gasteiger partial charge in [-0.1, -0.05) is 18.2 Å². The van der Waals surface area contributed by atoms with Gasteiger partial charge >= 0.3 is 5.97 Å². The van der Waals surface area contributed by atoms with Crippen LogP contribution in [-0.4, -0.2) is 32.8 Å². The van der Waals surface area contributed by atoms with Crippen molar-refractivity contribution in [2.45, 2.75) is 39.7 Å². The zero-order chi connectivity index (χ0) is 17.0. The fourth-order valence-electron chi connectivity index (χ4n) is 2.55. The number of nitrogens with zero attached hydrogens (tertiary/aromatic N) is 2. The topological polar surface area (TPSA) is 84.2 Å². The molecule has 0 spiro atoms. The van der Waals surface area contributed by atoms with Crippen molar-refractivity contribution in [3.63, 3.8) is 0 Å². The van der Waals surface area contributed by atoms with Gasteiger partial charge in [-0.15, -0.1) is 0 Å². The van der Waals surface area contributed by atoms with Crippen molar-refractivity contribution < 1.29 is 14.7 Å². The number of benzene rings is 1. The predicted octanol–water partition coefficient (Wildman–Crippen LogP) is 2.01. The number of carbonyl (C=O) groups is 2. The van der Waals surface area contributed by atoms with Gasteiger partial charge < -0.3 is 10.4 Å². The second-order valence-corrected chi connectivity index (χ2v) is 5.64. The Morgan fingerprint density at radius 3 is 2.52 bits per heavy atom. The minimum absolute atomic E-state index is 0.0903. The minimum Gasteiger partial charge on any atom is -0.481 e. The average molecular weight is 315 g/mol. The Morgan fingerprint density at radius 1 is 1.26 bits per heavy atom. The number of hydrogen-bond acceptors (Lipinski definition) is 3. The molecule has 122 valence electrons. The first-order valence-electron chi connectivity index (χ1n) is 7.50. The van der Waals surface area contributed by atoms with Crippen LogP contribution < -0.4 is 5.32 Å². The van der Waals surface area contributed by atoms with E-state index >= 15 is 0 Å². The van der Waals surface area contributed by atoms with Crippen LogP contribution in [0, 0.1) is 13.8 Å². The first-order chi connectivity index (χ1) is 10.9. The van der Waals surface area contributed by atoms with Crippen molar-refractivity contribution in [1.29, 1.82) is 0 Å².